The van der Waals surface area contributed by atoms with Gasteiger partial charge in [0, 0.05) is 35.9 Å². The van der Waals surface area contributed by atoms with Gasteiger partial charge >= 0.3 is 0 Å². The molecule has 5 heteroatoms. The molecule has 1 saturated heterocycles. The summed E-state index contributed by atoms with van der Waals surface area (Å²) in [6, 6.07) is 15.5. The summed E-state index contributed by atoms with van der Waals surface area (Å²) in [6.07, 6.45) is 1.86. The van der Waals surface area contributed by atoms with Gasteiger partial charge in [0.2, 0.25) is 0 Å². The largest absolute Gasteiger partial charge is 0.379 e. The zero-order valence-corrected chi connectivity index (χ0v) is 15.6. The van der Waals surface area contributed by atoms with Crippen molar-refractivity contribution in [3.05, 3.63) is 70.3 Å². The molecular weight excluding hydrogens is 348 g/mol. The van der Waals surface area contributed by atoms with Gasteiger partial charge in [-0.1, -0.05) is 48.0 Å². The van der Waals surface area contributed by atoms with E-state index in [4.69, 9.17) is 16.3 Å². The van der Waals surface area contributed by atoms with Crippen LogP contribution >= 0.6 is 11.6 Å². The second-order valence-electron chi connectivity index (χ2n) is 6.39. The zero-order valence-electron chi connectivity index (χ0n) is 14.9. The fourth-order valence-corrected chi connectivity index (χ4v) is 3.09. The van der Waals surface area contributed by atoms with E-state index in [0.29, 0.717) is 16.3 Å². The van der Waals surface area contributed by atoms with E-state index in [0.717, 1.165) is 44.0 Å². The molecule has 0 saturated carbocycles. The van der Waals surface area contributed by atoms with E-state index < -0.39 is 0 Å². The Morgan fingerprint density at radius 1 is 1.19 bits per heavy atom. The summed E-state index contributed by atoms with van der Waals surface area (Å²) < 4.78 is 5.37. The first kappa shape index (κ1) is 18.6. The highest BCUT2D eigenvalue weighted by atomic mass is 35.5. The second kappa shape index (κ2) is 8.99. The number of nitrogens with one attached hydrogen (secondary N) is 1. The minimum Gasteiger partial charge on any atom is -0.379 e. The highest BCUT2D eigenvalue weighted by Crippen LogP contribution is 2.23. The first-order valence-electron chi connectivity index (χ1n) is 8.75. The van der Waals surface area contributed by atoms with Crippen LogP contribution in [0.15, 0.2) is 54.1 Å². The number of carbonyl (C=O) groups is 1. The number of hydrogen-bond acceptors (Lipinski definition) is 3. The summed E-state index contributed by atoms with van der Waals surface area (Å²) in [5.41, 5.74) is 3.40. The van der Waals surface area contributed by atoms with E-state index in [1.54, 1.807) is 6.92 Å². The Kier molecular flexibility index (Phi) is 6.45. The monoisotopic (exact) mass is 370 g/mol. The average molecular weight is 371 g/mol. The van der Waals surface area contributed by atoms with Crippen molar-refractivity contribution in [2.45, 2.75) is 13.5 Å². The van der Waals surface area contributed by atoms with Crippen molar-refractivity contribution in [3.8, 4) is 0 Å². The van der Waals surface area contributed by atoms with E-state index in [1.165, 1.54) is 0 Å². The van der Waals surface area contributed by atoms with Gasteiger partial charge in [-0.2, -0.15) is 0 Å². The second-order valence-corrected chi connectivity index (χ2v) is 6.79. The maximum absolute atomic E-state index is 12.4. The Morgan fingerprint density at radius 2 is 1.92 bits per heavy atom. The fraction of sp³-hybridized carbons (Fsp3) is 0.286. The van der Waals surface area contributed by atoms with Crippen LogP contribution in [0.1, 0.15) is 18.1 Å². The van der Waals surface area contributed by atoms with Crippen molar-refractivity contribution < 1.29 is 9.53 Å². The molecule has 0 aliphatic carbocycles. The number of ether oxygens (including phenoxy) is 1. The fourth-order valence-electron chi connectivity index (χ4n) is 2.85. The van der Waals surface area contributed by atoms with Crippen molar-refractivity contribution in [1.82, 2.24) is 4.90 Å². The van der Waals surface area contributed by atoms with Gasteiger partial charge in [-0.25, -0.2) is 0 Å². The Bertz CT molecular complexity index is 784. The van der Waals surface area contributed by atoms with Crippen LogP contribution in [0.4, 0.5) is 5.69 Å². The molecule has 0 aromatic heterocycles. The normalized spacial score (nSPS) is 15.7. The smallest absolute Gasteiger partial charge is 0.251 e. The summed E-state index contributed by atoms with van der Waals surface area (Å²) in [5, 5.41) is 3.57. The topological polar surface area (TPSA) is 41.6 Å². The zero-order chi connectivity index (χ0) is 18.4. The molecule has 136 valence electrons. The summed E-state index contributed by atoms with van der Waals surface area (Å²) in [4.78, 5) is 14.7. The lowest BCUT2D eigenvalue weighted by molar-refractivity contribution is -0.112. The number of carbonyl (C=O) groups excluding carboxylic acids is 1. The van der Waals surface area contributed by atoms with E-state index in [9.17, 15) is 4.79 Å². The van der Waals surface area contributed by atoms with Crippen LogP contribution in [0.5, 0.6) is 0 Å². The molecule has 3 rings (SSSR count). The molecule has 4 nitrogen and oxygen atoms in total. The van der Waals surface area contributed by atoms with Gasteiger partial charge < -0.3 is 10.1 Å². The van der Waals surface area contributed by atoms with Crippen LogP contribution in [0.3, 0.4) is 0 Å². The minimum atomic E-state index is -0.133. The molecule has 1 amide bonds. The minimum absolute atomic E-state index is 0.133. The average Bonchev–Trinajstić information content (AvgIpc) is 2.65. The molecule has 1 aliphatic rings. The van der Waals surface area contributed by atoms with Gasteiger partial charge in [-0.15, -0.1) is 0 Å². The van der Waals surface area contributed by atoms with Crippen LogP contribution in [0.25, 0.3) is 6.08 Å². The molecule has 0 unspecified atom stereocenters. The van der Waals surface area contributed by atoms with Gasteiger partial charge in [-0.05, 0) is 36.3 Å². The quantitative estimate of drug-likeness (QED) is 0.801. The lowest BCUT2D eigenvalue weighted by atomic mass is 10.1. The van der Waals surface area contributed by atoms with Crippen molar-refractivity contribution in [2.24, 2.45) is 0 Å². The lowest BCUT2D eigenvalue weighted by Crippen LogP contribution is -2.35. The van der Waals surface area contributed by atoms with Crippen molar-refractivity contribution in [2.75, 3.05) is 31.6 Å². The van der Waals surface area contributed by atoms with Crippen LogP contribution in [-0.2, 0) is 16.1 Å². The van der Waals surface area contributed by atoms with E-state index in [2.05, 4.69) is 10.2 Å². The van der Waals surface area contributed by atoms with Crippen molar-refractivity contribution in [1.29, 1.82) is 0 Å². The molecule has 1 fully saturated rings. The Balaban J connectivity index is 1.63. The predicted molar refractivity (Wildman–Crippen MR) is 106 cm³/mol. The number of halogens is 1. The van der Waals surface area contributed by atoms with E-state index in [-0.39, 0.29) is 5.91 Å². The first-order chi connectivity index (χ1) is 12.6. The van der Waals surface area contributed by atoms with Crippen LogP contribution < -0.4 is 5.32 Å². The molecule has 1 heterocycles. The Morgan fingerprint density at radius 3 is 2.62 bits per heavy atom. The molecular formula is C21H23ClN2O2. The van der Waals surface area contributed by atoms with E-state index in [1.807, 2.05) is 54.6 Å². The lowest BCUT2D eigenvalue weighted by Gasteiger charge is -2.27. The molecule has 0 bridgehead atoms. The number of nitrogens with zero attached hydrogens (tertiary/aromatic N) is 1. The maximum Gasteiger partial charge on any atom is 0.251 e. The highest BCUT2D eigenvalue weighted by Gasteiger charge is 2.13. The molecule has 26 heavy (non-hydrogen) atoms. The summed E-state index contributed by atoms with van der Waals surface area (Å²) >= 11 is 6.42. The van der Waals surface area contributed by atoms with Crippen molar-refractivity contribution >= 4 is 29.3 Å². The molecule has 0 spiro atoms. The standard InChI is InChI=1S/C21H23ClN2O2/c1-16(13-17-5-3-2-4-6-17)21(25)23-19-8-7-18(20(22)14-19)15-24-9-11-26-12-10-24/h2-8,13-14H,9-12,15H2,1H3,(H,23,25)/b16-13+. The number of benzene rings is 2. The van der Waals surface area contributed by atoms with Crippen LogP contribution in [0, 0.1) is 0 Å². The third kappa shape index (κ3) is 5.18. The van der Waals surface area contributed by atoms with Gasteiger partial charge in [0.25, 0.3) is 5.91 Å². The third-order valence-electron chi connectivity index (χ3n) is 4.35. The summed E-state index contributed by atoms with van der Waals surface area (Å²) in [6.45, 7) is 5.95. The molecule has 1 aliphatic heterocycles. The van der Waals surface area contributed by atoms with Crippen LogP contribution in [0.2, 0.25) is 5.02 Å². The molecule has 2 aromatic carbocycles. The van der Waals surface area contributed by atoms with Crippen LogP contribution in [-0.4, -0.2) is 37.1 Å². The van der Waals surface area contributed by atoms with E-state index >= 15 is 0 Å². The summed E-state index contributed by atoms with van der Waals surface area (Å²) in [7, 11) is 0. The number of morpholine rings is 1. The SMILES string of the molecule is C/C(=C\c1ccccc1)C(=O)Nc1ccc(CN2CCOCC2)c(Cl)c1. The number of anilines is 1. The molecule has 0 atom stereocenters. The van der Waals surface area contributed by atoms with Gasteiger partial charge in [0.15, 0.2) is 0 Å². The molecule has 0 radical (unpaired) electrons. The maximum atomic E-state index is 12.4. The number of rotatable bonds is 5. The molecule has 2 aromatic rings. The molecule has 1 N–H and O–H groups in total. The number of hydrogen-bond donors (Lipinski definition) is 1. The highest BCUT2D eigenvalue weighted by molar-refractivity contribution is 6.31. The van der Waals surface area contributed by atoms with Gasteiger partial charge in [0.1, 0.15) is 0 Å². The Hall–Kier alpha value is -2.14. The first-order valence-corrected chi connectivity index (χ1v) is 9.13. The van der Waals surface area contributed by atoms with Gasteiger partial charge in [-0.3, -0.25) is 9.69 Å². The Labute approximate surface area is 159 Å². The van der Waals surface area contributed by atoms with Crippen molar-refractivity contribution in [3.63, 3.8) is 0 Å². The third-order valence-corrected chi connectivity index (χ3v) is 4.70. The predicted octanol–water partition coefficient (Wildman–Crippen LogP) is 4.21. The van der Waals surface area contributed by atoms with Gasteiger partial charge in [0.05, 0.1) is 13.2 Å². The number of amides is 1. The summed E-state index contributed by atoms with van der Waals surface area (Å²) in [5.74, 6) is -0.133.